The molecule has 0 fully saturated rings. The van der Waals surface area contributed by atoms with E-state index in [9.17, 15) is 4.79 Å². The van der Waals surface area contributed by atoms with Gasteiger partial charge < -0.3 is 0 Å². The van der Waals surface area contributed by atoms with E-state index >= 15 is 0 Å². The number of carbonyl (C=O) groups is 1. The molecule has 0 unspecified atom stereocenters. The van der Waals surface area contributed by atoms with E-state index in [4.69, 9.17) is 11.6 Å². The molecular formula is C11H11ClN4O. The summed E-state index contributed by atoms with van der Waals surface area (Å²) in [4.78, 5) is 15.9. The lowest BCUT2D eigenvalue weighted by Gasteiger charge is -2.05. The van der Waals surface area contributed by atoms with Crippen LogP contribution in [0.5, 0.6) is 0 Å². The number of carbonyl (C=O) groups excluding carboxylic acids is 1. The molecule has 6 heteroatoms. The van der Waals surface area contributed by atoms with Crippen LogP contribution in [0.4, 0.5) is 5.95 Å². The van der Waals surface area contributed by atoms with Crippen LogP contribution >= 0.6 is 11.6 Å². The van der Waals surface area contributed by atoms with E-state index in [1.54, 1.807) is 25.1 Å². The summed E-state index contributed by atoms with van der Waals surface area (Å²) in [5.41, 5.74) is 1.36. The summed E-state index contributed by atoms with van der Waals surface area (Å²) in [6.45, 7) is 3.60. The predicted molar refractivity (Wildman–Crippen MR) is 65.3 cm³/mol. The number of amides is 1. The third kappa shape index (κ3) is 2.62. The largest absolute Gasteiger partial charge is 0.289 e. The van der Waals surface area contributed by atoms with E-state index in [2.05, 4.69) is 20.5 Å². The summed E-state index contributed by atoms with van der Waals surface area (Å²) >= 11 is 5.85. The number of H-pyrrole nitrogens is 1. The van der Waals surface area contributed by atoms with Crippen molar-refractivity contribution in [1.82, 2.24) is 15.2 Å². The third-order valence-corrected chi connectivity index (χ3v) is 2.50. The Morgan fingerprint density at radius 3 is 2.82 bits per heavy atom. The van der Waals surface area contributed by atoms with Crippen LogP contribution in [0.15, 0.2) is 18.2 Å². The molecule has 2 aromatic rings. The van der Waals surface area contributed by atoms with Crippen molar-refractivity contribution in [2.45, 2.75) is 13.8 Å². The number of nitrogens with zero attached hydrogens (tertiary/aromatic N) is 2. The number of rotatable bonds is 2. The van der Waals surface area contributed by atoms with Gasteiger partial charge in [-0.25, -0.2) is 0 Å². The zero-order valence-corrected chi connectivity index (χ0v) is 10.2. The number of aromatic amines is 1. The normalized spacial score (nSPS) is 10.3. The molecule has 0 saturated carbocycles. The highest BCUT2D eigenvalue weighted by molar-refractivity contribution is 6.31. The average molecular weight is 251 g/mol. The van der Waals surface area contributed by atoms with Crippen LogP contribution in [0, 0.1) is 13.8 Å². The van der Waals surface area contributed by atoms with E-state index in [0.29, 0.717) is 16.4 Å². The molecule has 2 N–H and O–H groups in total. The van der Waals surface area contributed by atoms with E-state index in [1.165, 1.54) is 0 Å². The molecule has 5 nitrogen and oxygen atoms in total. The third-order valence-electron chi connectivity index (χ3n) is 2.27. The van der Waals surface area contributed by atoms with E-state index < -0.39 is 0 Å². The molecule has 0 aliphatic rings. The second-order valence-electron chi connectivity index (χ2n) is 3.66. The molecule has 2 rings (SSSR count). The maximum atomic E-state index is 11.9. The lowest BCUT2D eigenvalue weighted by Crippen LogP contribution is -2.14. The lowest BCUT2D eigenvalue weighted by molar-refractivity contribution is 0.102. The van der Waals surface area contributed by atoms with Gasteiger partial charge >= 0.3 is 0 Å². The van der Waals surface area contributed by atoms with Crippen molar-refractivity contribution in [2.24, 2.45) is 0 Å². The number of anilines is 1. The average Bonchev–Trinajstić information content (AvgIpc) is 2.67. The minimum Gasteiger partial charge on any atom is -0.289 e. The van der Waals surface area contributed by atoms with Gasteiger partial charge in [0.25, 0.3) is 5.91 Å². The molecule has 1 amide bonds. The molecule has 0 radical (unpaired) electrons. The van der Waals surface area contributed by atoms with Crippen LogP contribution in [0.1, 0.15) is 21.7 Å². The fraction of sp³-hybridized carbons (Fsp3) is 0.182. The van der Waals surface area contributed by atoms with Gasteiger partial charge in [-0.2, -0.15) is 4.98 Å². The molecule has 88 valence electrons. The molecule has 17 heavy (non-hydrogen) atoms. The van der Waals surface area contributed by atoms with Gasteiger partial charge in [0.05, 0.1) is 0 Å². The van der Waals surface area contributed by atoms with Gasteiger partial charge in [-0.1, -0.05) is 17.7 Å². The van der Waals surface area contributed by atoms with Crippen molar-refractivity contribution < 1.29 is 4.79 Å². The van der Waals surface area contributed by atoms with Crippen molar-refractivity contribution in [1.29, 1.82) is 0 Å². The van der Waals surface area contributed by atoms with Crippen molar-refractivity contribution in [3.05, 3.63) is 40.2 Å². The zero-order chi connectivity index (χ0) is 12.4. The maximum Gasteiger partial charge on any atom is 0.258 e. The van der Waals surface area contributed by atoms with Gasteiger partial charge in [-0.05, 0) is 31.5 Å². The van der Waals surface area contributed by atoms with Crippen LogP contribution < -0.4 is 5.32 Å². The Hall–Kier alpha value is -1.88. The van der Waals surface area contributed by atoms with Gasteiger partial charge in [0.15, 0.2) is 0 Å². The topological polar surface area (TPSA) is 70.7 Å². The van der Waals surface area contributed by atoms with Crippen molar-refractivity contribution in [3.8, 4) is 0 Å². The highest BCUT2D eigenvalue weighted by Crippen LogP contribution is 2.16. The van der Waals surface area contributed by atoms with Crippen LogP contribution in [0.2, 0.25) is 5.02 Å². The number of aromatic nitrogens is 3. The van der Waals surface area contributed by atoms with Crippen molar-refractivity contribution >= 4 is 23.5 Å². The number of benzene rings is 1. The Bertz CT molecular complexity index is 564. The molecule has 0 aliphatic carbocycles. The van der Waals surface area contributed by atoms with Crippen LogP contribution in [0.25, 0.3) is 0 Å². The molecule has 0 aliphatic heterocycles. The van der Waals surface area contributed by atoms with E-state index in [1.807, 2.05) is 6.92 Å². The minimum absolute atomic E-state index is 0.256. The molecule has 1 aromatic heterocycles. The molecule has 0 bridgehead atoms. The summed E-state index contributed by atoms with van der Waals surface area (Å²) in [6, 6.07) is 5.15. The highest BCUT2D eigenvalue weighted by Gasteiger charge is 2.11. The van der Waals surface area contributed by atoms with Gasteiger partial charge in [0.2, 0.25) is 5.95 Å². The van der Waals surface area contributed by atoms with Gasteiger partial charge in [0, 0.05) is 10.6 Å². The van der Waals surface area contributed by atoms with Gasteiger partial charge in [-0.15, -0.1) is 5.10 Å². The number of hydrogen-bond acceptors (Lipinski definition) is 3. The van der Waals surface area contributed by atoms with Crippen molar-refractivity contribution in [3.63, 3.8) is 0 Å². The summed E-state index contributed by atoms with van der Waals surface area (Å²) in [7, 11) is 0. The Labute approximate surface area is 103 Å². The molecule has 1 aromatic carbocycles. The Balaban J connectivity index is 2.22. The molecule has 0 spiro atoms. The molecule has 0 atom stereocenters. The number of aryl methyl sites for hydroxylation is 2. The second kappa shape index (κ2) is 4.55. The summed E-state index contributed by atoms with van der Waals surface area (Å²) in [6.07, 6.45) is 0. The van der Waals surface area contributed by atoms with E-state index in [-0.39, 0.29) is 11.9 Å². The lowest BCUT2D eigenvalue weighted by atomic mass is 10.1. The number of nitrogens with one attached hydrogen (secondary N) is 2. The Kier molecular flexibility index (Phi) is 3.10. The summed E-state index contributed by atoms with van der Waals surface area (Å²) < 4.78 is 0. The van der Waals surface area contributed by atoms with Crippen LogP contribution in [-0.2, 0) is 0 Å². The first-order chi connectivity index (χ1) is 8.06. The van der Waals surface area contributed by atoms with Crippen LogP contribution in [0.3, 0.4) is 0 Å². The van der Waals surface area contributed by atoms with E-state index in [0.717, 1.165) is 5.56 Å². The van der Waals surface area contributed by atoms with Gasteiger partial charge in [0.1, 0.15) is 5.82 Å². The second-order valence-corrected chi connectivity index (χ2v) is 4.09. The van der Waals surface area contributed by atoms with Crippen LogP contribution in [-0.4, -0.2) is 21.1 Å². The smallest absolute Gasteiger partial charge is 0.258 e. The fourth-order valence-electron chi connectivity index (χ4n) is 1.41. The first kappa shape index (κ1) is 11.6. The SMILES string of the molecule is Cc1nc(NC(=O)c2cc(Cl)ccc2C)n[nH]1. The number of halogens is 1. The standard InChI is InChI=1S/C11H11ClN4O/c1-6-3-4-8(12)5-9(6)10(17)14-11-13-7(2)15-16-11/h3-5H,1-2H3,(H2,13,14,15,16,17). The highest BCUT2D eigenvalue weighted by atomic mass is 35.5. The molecule has 0 saturated heterocycles. The Morgan fingerprint density at radius 2 is 2.18 bits per heavy atom. The fourth-order valence-corrected chi connectivity index (χ4v) is 1.58. The predicted octanol–water partition coefficient (Wildman–Crippen LogP) is 2.33. The monoisotopic (exact) mass is 250 g/mol. The quantitative estimate of drug-likeness (QED) is 0.859. The zero-order valence-electron chi connectivity index (χ0n) is 9.41. The first-order valence-corrected chi connectivity index (χ1v) is 5.40. The number of hydrogen-bond donors (Lipinski definition) is 2. The Morgan fingerprint density at radius 1 is 1.41 bits per heavy atom. The van der Waals surface area contributed by atoms with Gasteiger partial charge in [-0.3, -0.25) is 15.2 Å². The summed E-state index contributed by atoms with van der Waals surface area (Å²) in [5.74, 6) is 0.624. The molecular weight excluding hydrogens is 240 g/mol. The molecule has 1 heterocycles. The maximum absolute atomic E-state index is 11.9. The minimum atomic E-state index is -0.274. The van der Waals surface area contributed by atoms with Crippen molar-refractivity contribution in [2.75, 3.05) is 5.32 Å². The summed E-state index contributed by atoms with van der Waals surface area (Å²) in [5, 5.41) is 9.60. The first-order valence-electron chi connectivity index (χ1n) is 5.03.